The highest BCUT2D eigenvalue weighted by molar-refractivity contribution is 7.84. The topological polar surface area (TPSA) is 86.2 Å². The predicted molar refractivity (Wildman–Crippen MR) is 80.6 cm³/mol. The van der Waals surface area contributed by atoms with E-state index in [4.69, 9.17) is 11.5 Å². The molecule has 4 N–H and O–H groups in total. The molecule has 4 nitrogen and oxygen atoms in total. The van der Waals surface area contributed by atoms with Crippen molar-refractivity contribution in [3.63, 3.8) is 0 Å². The van der Waals surface area contributed by atoms with Gasteiger partial charge in [-0.2, -0.15) is 0 Å². The Balaban J connectivity index is 2.23. The number of carbonyl (C=O) groups is 1. The lowest BCUT2D eigenvalue weighted by atomic mass is 10.1. The Hall–Kier alpha value is -2.21. The highest BCUT2D eigenvalue weighted by atomic mass is 32.2. The van der Waals surface area contributed by atoms with E-state index in [1.54, 1.807) is 18.2 Å². The highest BCUT2D eigenvalue weighted by Gasteiger charge is 2.12. The van der Waals surface area contributed by atoms with Crippen LogP contribution in [0.5, 0.6) is 0 Å². The van der Waals surface area contributed by atoms with Gasteiger partial charge >= 0.3 is 0 Å². The monoisotopic (exact) mass is 306 g/mol. The molecule has 0 aromatic heterocycles. The van der Waals surface area contributed by atoms with Gasteiger partial charge in [0, 0.05) is 21.7 Å². The van der Waals surface area contributed by atoms with Gasteiger partial charge in [0.15, 0.2) is 0 Å². The Morgan fingerprint density at radius 3 is 2.52 bits per heavy atom. The van der Waals surface area contributed by atoms with E-state index in [2.05, 4.69) is 0 Å². The molecule has 0 aliphatic carbocycles. The second kappa shape index (κ2) is 6.05. The maximum Gasteiger partial charge on any atom is 0.248 e. The number of rotatable bonds is 4. The Morgan fingerprint density at radius 1 is 1.24 bits per heavy atom. The van der Waals surface area contributed by atoms with Crippen LogP contribution >= 0.6 is 0 Å². The minimum absolute atomic E-state index is 0.0221. The molecule has 0 aliphatic rings. The molecule has 110 valence electrons. The third-order valence-electron chi connectivity index (χ3n) is 3.13. The van der Waals surface area contributed by atoms with Crippen molar-refractivity contribution in [1.29, 1.82) is 0 Å². The van der Waals surface area contributed by atoms with E-state index in [9.17, 15) is 13.4 Å². The molecule has 0 saturated heterocycles. The van der Waals surface area contributed by atoms with Gasteiger partial charge in [-0.3, -0.25) is 9.00 Å². The number of halogens is 1. The molecular weight excluding hydrogens is 291 g/mol. The second-order valence-corrected chi connectivity index (χ2v) is 6.13. The molecule has 1 unspecified atom stereocenters. The van der Waals surface area contributed by atoms with Crippen LogP contribution in [0, 0.1) is 12.7 Å². The summed E-state index contributed by atoms with van der Waals surface area (Å²) in [5.74, 6) is -1.27. The lowest BCUT2D eigenvalue weighted by Crippen LogP contribution is -2.11. The van der Waals surface area contributed by atoms with Gasteiger partial charge in [-0.15, -0.1) is 0 Å². The zero-order chi connectivity index (χ0) is 15.6. The van der Waals surface area contributed by atoms with Crippen molar-refractivity contribution in [2.24, 2.45) is 5.73 Å². The fraction of sp³-hybridized carbons (Fsp3) is 0.133. The number of hydrogen-bond acceptors (Lipinski definition) is 3. The standard InChI is InChI=1S/C15H15FN2O2S/c1-9-6-12(4-5-14(9)17)21(20)8-11-3-2-10(15(18)19)7-13(11)16/h2-7H,8,17H2,1H3,(H2,18,19). The van der Waals surface area contributed by atoms with Crippen LogP contribution in [-0.4, -0.2) is 10.1 Å². The number of hydrogen-bond donors (Lipinski definition) is 2. The van der Waals surface area contributed by atoms with Crippen molar-refractivity contribution in [2.45, 2.75) is 17.6 Å². The Morgan fingerprint density at radius 2 is 1.95 bits per heavy atom. The Bertz CT molecular complexity index is 732. The molecule has 2 aromatic rings. The number of aryl methyl sites for hydroxylation is 1. The Kier molecular flexibility index (Phi) is 4.37. The lowest BCUT2D eigenvalue weighted by molar-refractivity contribution is 0.1000. The number of nitrogens with two attached hydrogens (primary N) is 2. The number of nitrogen functional groups attached to an aromatic ring is 1. The first kappa shape index (κ1) is 15.2. The molecular formula is C15H15FN2O2S. The summed E-state index contributed by atoms with van der Waals surface area (Å²) in [4.78, 5) is 11.5. The van der Waals surface area contributed by atoms with Gasteiger partial charge in [0.1, 0.15) is 5.82 Å². The van der Waals surface area contributed by atoms with Gasteiger partial charge in [-0.05, 0) is 42.8 Å². The summed E-state index contributed by atoms with van der Waals surface area (Å²) >= 11 is 0. The minimum Gasteiger partial charge on any atom is -0.399 e. The van der Waals surface area contributed by atoms with Crippen molar-refractivity contribution < 1.29 is 13.4 Å². The van der Waals surface area contributed by atoms with E-state index < -0.39 is 22.5 Å². The fourth-order valence-electron chi connectivity index (χ4n) is 1.83. The SMILES string of the molecule is Cc1cc(S(=O)Cc2ccc(C(N)=O)cc2F)ccc1N. The van der Waals surface area contributed by atoms with E-state index in [-0.39, 0.29) is 16.9 Å². The molecule has 0 fully saturated rings. The van der Waals surface area contributed by atoms with E-state index in [1.165, 1.54) is 12.1 Å². The molecule has 0 heterocycles. The third-order valence-corrected chi connectivity index (χ3v) is 4.48. The zero-order valence-electron chi connectivity index (χ0n) is 11.4. The zero-order valence-corrected chi connectivity index (χ0v) is 12.2. The maximum atomic E-state index is 13.9. The average molecular weight is 306 g/mol. The fourth-order valence-corrected chi connectivity index (χ4v) is 3.04. The van der Waals surface area contributed by atoms with Gasteiger partial charge in [-0.25, -0.2) is 4.39 Å². The summed E-state index contributed by atoms with van der Waals surface area (Å²) in [6, 6.07) is 8.97. The molecule has 0 bridgehead atoms. The predicted octanol–water partition coefficient (Wildman–Crippen LogP) is 2.12. The van der Waals surface area contributed by atoms with Crippen LogP contribution in [0.4, 0.5) is 10.1 Å². The van der Waals surface area contributed by atoms with Crippen LogP contribution in [0.25, 0.3) is 0 Å². The van der Waals surface area contributed by atoms with Crippen LogP contribution in [0.15, 0.2) is 41.3 Å². The van der Waals surface area contributed by atoms with Crippen molar-refractivity contribution in [1.82, 2.24) is 0 Å². The average Bonchev–Trinajstić information content (AvgIpc) is 2.43. The van der Waals surface area contributed by atoms with Gasteiger partial charge in [0.25, 0.3) is 0 Å². The molecule has 0 radical (unpaired) electrons. The van der Waals surface area contributed by atoms with Gasteiger partial charge < -0.3 is 11.5 Å². The van der Waals surface area contributed by atoms with Crippen LogP contribution in [0.3, 0.4) is 0 Å². The largest absolute Gasteiger partial charge is 0.399 e. The quantitative estimate of drug-likeness (QED) is 0.848. The van der Waals surface area contributed by atoms with Crippen LogP contribution in [0.2, 0.25) is 0 Å². The summed E-state index contributed by atoms with van der Waals surface area (Å²) < 4.78 is 26.1. The molecule has 6 heteroatoms. The molecule has 0 saturated carbocycles. The molecule has 2 rings (SSSR count). The lowest BCUT2D eigenvalue weighted by Gasteiger charge is -2.07. The van der Waals surface area contributed by atoms with Gasteiger partial charge in [0.2, 0.25) is 5.91 Å². The number of carbonyl (C=O) groups excluding carboxylic acids is 1. The van der Waals surface area contributed by atoms with Crippen LogP contribution in [-0.2, 0) is 16.6 Å². The Labute approximate surface area is 124 Å². The van der Waals surface area contributed by atoms with Crippen molar-refractivity contribution >= 4 is 22.4 Å². The summed E-state index contributed by atoms with van der Waals surface area (Å²) in [6.45, 7) is 1.82. The van der Waals surface area contributed by atoms with Gasteiger partial charge in [-0.1, -0.05) is 6.07 Å². The first-order valence-electron chi connectivity index (χ1n) is 6.21. The van der Waals surface area contributed by atoms with Crippen molar-refractivity contribution in [2.75, 3.05) is 5.73 Å². The molecule has 0 spiro atoms. The van der Waals surface area contributed by atoms with Crippen LogP contribution in [0.1, 0.15) is 21.5 Å². The number of amides is 1. The molecule has 1 amide bonds. The summed E-state index contributed by atoms with van der Waals surface area (Å²) in [5, 5.41) is 0. The third kappa shape index (κ3) is 3.46. The number of benzene rings is 2. The maximum absolute atomic E-state index is 13.9. The van der Waals surface area contributed by atoms with Crippen LogP contribution < -0.4 is 11.5 Å². The van der Waals surface area contributed by atoms with E-state index in [0.717, 1.165) is 11.6 Å². The molecule has 21 heavy (non-hydrogen) atoms. The highest BCUT2D eigenvalue weighted by Crippen LogP contribution is 2.19. The van der Waals surface area contributed by atoms with Crippen molar-refractivity contribution in [3.8, 4) is 0 Å². The second-order valence-electron chi connectivity index (χ2n) is 4.68. The normalized spacial score (nSPS) is 12.1. The van der Waals surface area contributed by atoms with E-state index >= 15 is 0 Å². The summed E-state index contributed by atoms with van der Waals surface area (Å²) in [6.07, 6.45) is 0. The first-order valence-corrected chi connectivity index (χ1v) is 7.53. The summed E-state index contributed by atoms with van der Waals surface area (Å²) in [5.41, 5.74) is 12.6. The summed E-state index contributed by atoms with van der Waals surface area (Å²) in [7, 11) is -1.39. The first-order chi connectivity index (χ1) is 9.88. The van der Waals surface area contributed by atoms with Gasteiger partial charge in [0.05, 0.1) is 16.6 Å². The van der Waals surface area contributed by atoms with E-state index in [0.29, 0.717) is 10.6 Å². The molecule has 0 aliphatic heterocycles. The van der Waals surface area contributed by atoms with E-state index in [1.807, 2.05) is 6.92 Å². The number of anilines is 1. The smallest absolute Gasteiger partial charge is 0.248 e. The number of primary amides is 1. The molecule has 1 atom stereocenters. The van der Waals surface area contributed by atoms with Crippen molar-refractivity contribution in [3.05, 3.63) is 58.9 Å². The minimum atomic E-state index is -1.39. The molecule has 2 aromatic carbocycles.